The van der Waals surface area contributed by atoms with Gasteiger partial charge in [-0.05, 0) is 43.7 Å². The third kappa shape index (κ3) is 4.10. The molecule has 1 atom stereocenters. The van der Waals surface area contributed by atoms with Crippen LogP contribution in [0.2, 0.25) is 5.02 Å². The number of nitrogens with one attached hydrogen (secondary N) is 1. The Kier molecular flexibility index (Phi) is 5.23. The van der Waals surface area contributed by atoms with E-state index in [9.17, 15) is 4.79 Å². The van der Waals surface area contributed by atoms with E-state index in [0.717, 1.165) is 16.8 Å². The normalized spacial score (nSPS) is 12.0. The molecule has 146 valence electrons. The second kappa shape index (κ2) is 7.97. The van der Waals surface area contributed by atoms with Crippen molar-refractivity contribution in [2.24, 2.45) is 0 Å². The lowest BCUT2D eigenvalue weighted by atomic mass is 10.1. The smallest absolute Gasteiger partial charge is 0.266 e. The average molecular weight is 406 g/mol. The highest BCUT2D eigenvalue weighted by molar-refractivity contribution is 6.30. The Bertz CT molecular complexity index is 1170. The van der Waals surface area contributed by atoms with Crippen LogP contribution in [0.15, 0.2) is 72.9 Å². The monoisotopic (exact) mass is 405 g/mol. The summed E-state index contributed by atoms with van der Waals surface area (Å²) in [6.07, 6.45) is 1.24. The molecule has 29 heavy (non-hydrogen) atoms. The van der Waals surface area contributed by atoms with Crippen LogP contribution in [0, 0.1) is 6.92 Å². The summed E-state index contributed by atoms with van der Waals surface area (Å²) in [5.74, 6) is 0.879. The highest BCUT2D eigenvalue weighted by atomic mass is 35.5. The Morgan fingerprint density at radius 3 is 2.66 bits per heavy atom. The molecule has 2 heterocycles. The summed E-state index contributed by atoms with van der Waals surface area (Å²) in [5.41, 5.74) is 3.45. The summed E-state index contributed by atoms with van der Waals surface area (Å²) in [6, 6.07) is 20.7. The van der Waals surface area contributed by atoms with Crippen molar-refractivity contribution in [3.8, 4) is 17.0 Å². The van der Waals surface area contributed by atoms with Gasteiger partial charge in [-0.2, -0.15) is 0 Å². The van der Waals surface area contributed by atoms with E-state index in [4.69, 9.17) is 21.3 Å². The first kappa shape index (κ1) is 19.0. The lowest BCUT2D eigenvalue weighted by Crippen LogP contribution is -2.30. The number of anilines is 1. The zero-order chi connectivity index (χ0) is 20.4. The van der Waals surface area contributed by atoms with Crippen LogP contribution in [-0.2, 0) is 4.79 Å². The summed E-state index contributed by atoms with van der Waals surface area (Å²) < 4.78 is 7.65. The molecular weight excluding hydrogens is 386 g/mol. The van der Waals surface area contributed by atoms with Gasteiger partial charge in [0.15, 0.2) is 6.10 Å². The van der Waals surface area contributed by atoms with Crippen molar-refractivity contribution >= 4 is 29.0 Å². The summed E-state index contributed by atoms with van der Waals surface area (Å²) in [6.45, 7) is 3.70. The lowest BCUT2D eigenvalue weighted by Gasteiger charge is -2.15. The van der Waals surface area contributed by atoms with Gasteiger partial charge in [0.05, 0.1) is 0 Å². The fourth-order valence-corrected chi connectivity index (χ4v) is 3.26. The molecule has 4 rings (SSSR count). The van der Waals surface area contributed by atoms with Crippen LogP contribution in [0.5, 0.6) is 5.75 Å². The first-order valence-electron chi connectivity index (χ1n) is 9.28. The fraction of sp³-hybridized carbons (Fsp3) is 0.130. The molecule has 5 nitrogen and oxygen atoms in total. The summed E-state index contributed by atoms with van der Waals surface area (Å²) in [4.78, 5) is 17.6. The van der Waals surface area contributed by atoms with Gasteiger partial charge in [-0.1, -0.05) is 54.1 Å². The number of pyridine rings is 1. The number of hydrogen-bond donors (Lipinski definition) is 1. The molecule has 1 amide bonds. The van der Waals surface area contributed by atoms with Crippen LogP contribution in [0.1, 0.15) is 12.5 Å². The first-order chi connectivity index (χ1) is 14.0. The van der Waals surface area contributed by atoms with Crippen molar-refractivity contribution in [1.29, 1.82) is 0 Å². The molecule has 2 aromatic heterocycles. The van der Waals surface area contributed by atoms with Gasteiger partial charge in [-0.25, -0.2) is 4.98 Å². The van der Waals surface area contributed by atoms with Crippen molar-refractivity contribution in [3.05, 3.63) is 83.5 Å². The quantitative estimate of drug-likeness (QED) is 0.485. The molecule has 0 radical (unpaired) electrons. The zero-order valence-electron chi connectivity index (χ0n) is 16.1. The minimum Gasteiger partial charge on any atom is -0.481 e. The standard InChI is InChI=1S/C23H20ClN3O2/c1-15-11-12-20-25-21(17-7-4-3-5-8-17)22(27(20)14-15)26-23(28)16(2)29-19-10-6-9-18(24)13-19/h3-14,16H,1-2H3,(H,26,28). The maximum absolute atomic E-state index is 12.9. The van der Waals surface area contributed by atoms with Crippen LogP contribution in [0.4, 0.5) is 5.82 Å². The molecule has 2 aromatic carbocycles. The predicted octanol–water partition coefficient (Wildman–Crippen LogP) is 5.37. The van der Waals surface area contributed by atoms with E-state index in [1.807, 2.05) is 60.0 Å². The first-order valence-corrected chi connectivity index (χ1v) is 9.66. The largest absolute Gasteiger partial charge is 0.481 e. The SMILES string of the molecule is Cc1ccc2nc(-c3ccccc3)c(NC(=O)C(C)Oc3cccc(Cl)c3)n2c1. The number of imidazole rings is 1. The lowest BCUT2D eigenvalue weighted by molar-refractivity contribution is -0.122. The van der Waals surface area contributed by atoms with E-state index in [-0.39, 0.29) is 5.91 Å². The molecule has 0 fully saturated rings. The van der Waals surface area contributed by atoms with E-state index in [0.29, 0.717) is 22.3 Å². The molecule has 0 spiro atoms. The maximum Gasteiger partial charge on any atom is 0.266 e. The number of amides is 1. The molecule has 0 saturated carbocycles. The van der Waals surface area contributed by atoms with E-state index < -0.39 is 6.10 Å². The fourth-order valence-electron chi connectivity index (χ4n) is 3.08. The molecule has 0 aliphatic heterocycles. The highest BCUT2D eigenvalue weighted by Gasteiger charge is 2.21. The van der Waals surface area contributed by atoms with Crippen LogP contribution in [0.3, 0.4) is 0 Å². The van der Waals surface area contributed by atoms with Crippen molar-refractivity contribution in [3.63, 3.8) is 0 Å². The van der Waals surface area contributed by atoms with Gasteiger partial charge in [-0.15, -0.1) is 0 Å². The number of benzene rings is 2. The highest BCUT2D eigenvalue weighted by Crippen LogP contribution is 2.29. The topological polar surface area (TPSA) is 55.6 Å². The number of aryl methyl sites for hydroxylation is 1. The number of carbonyl (C=O) groups excluding carboxylic acids is 1. The number of aromatic nitrogens is 2. The molecule has 0 saturated heterocycles. The number of nitrogens with zero attached hydrogens (tertiary/aromatic N) is 2. The van der Waals surface area contributed by atoms with Gasteiger partial charge < -0.3 is 10.1 Å². The van der Waals surface area contributed by atoms with Gasteiger partial charge >= 0.3 is 0 Å². The third-order valence-electron chi connectivity index (χ3n) is 4.53. The molecular formula is C23H20ClN3O2. The second-order valence-corrected chi connectivity index (χ2v) is 7.25. The number of rotatable bonds is 5. The van der Waals surface area contributed by atoms with Gasteiger partial charge in [0.2, 0.25) is 0 Å². The molecule has 0 aliphatic rings. The number of fused-ring (bicyclic) bond motifs is 1. The number of ether oxygens (including phenoxy) is 1. The van der Waals surface area contributed by atoms with Crippen LogP contribution >= 0.6 is 11.6 Å². The minimum absolute atomic E-state index is 0.273. The molecule has 1 unspecified atom stereocenters. The number of hydrogen-bond acceptors (Lipinski definition) is 3. The van der Waals surface area contributed by atoms with Gasteiger partial charge in [0, 0.05) is 16.8 Å². The molecule has 4 aromatic rings. The van der Waals surface area contributed by atoms with Crippen LogP contribution in [0.25, 0.3) is 16.9 Å². The van der Waals surface area contributed by atoms with E-state index >= 15 is 0 Å². The minimum atomic E-state index is -0.715. The summed E-state index contributed by atoms with van der Waals surface area (Å²) >= 11 is 6.00. The summed E-state index contributed by atoms with van der Waals surface area (Å²) in [5, 5.41) is 3.55. The molecule has 6 heteroatoms. The maximum atomic E-state index is 12.9. The number of carbonyl (C=O) groups is 1. The van der Waals surface area contributed by atoms with Crippen LogP contribution < -0.4 is 10.1 Å². The van der Waals surface area contributed by atoms with Crippen molar-refractivity contribution in [2.75, 3.05) is 5.32 Å². The van der Waals surface area contributed by atoms with Gasteiger partial charge in [0.1, 0.15) is 22.9 Å². The number of halogens is 1. The Morgan fingerprint density at radius 1 is 1.10 bits per heavy atom. The molecule has 0 aliphatic carbocycles. The third-order valence-corrected chi connectivity index (χ3v) is 4.77. The van der Waals surface area contributed by atoms with Gasteiger partial charge in [-0.3, -0.25) is 9.20 Å². The Labute approximate surface area is 173 Å². The second-order valence-electron chi connectivity index (χ2n) is 6.82. The van der Waals surface area contributed by atoms with E-state index in [1.54, 1.807) is 31.2 Å². The van der Waals surface area contributed by atoms with Crippen molar-refractivity contribution in [1.82, 2.24) is 9.38 Å². The van der Waals surface area contributed by atoms with E-state index in [2.05, 4.69) is 5.32 Å². The average Bonchev–Trinajstić information content (AvgIpc) is 3.06. The molecule has 1 N–H and O–H groups in total. The zero-order valence-corrected chi connectivity index (χ0v) is 16.9. The van der Waals surface area contributed by atoms with Gasteiger partial charge in [0.25, 0.3) is 5.91 Å². The Morgan fingerprint density at radius 2 is 1.90 bits per heavy atom. The van der Waals surface area contributed by atoms with Crippen molar-refractivity contribution in [2.45, 2.75) is 20.0 Å². The molecule has 0 bridgehead atoms. The predicted molar refractivity (Wildman–Crippen MR) is 116 cm³/mol. The van der Waals surface area contributed by atoms with Crippen LogP contribution in [-0.4, -0.2) is 21.4 Å². The van der Waals surface area contributed by atoms with Crippen molar-refractivity contribution < 1.29 is 9.53 Å². The Hall–Kier alpha value is -3.31. The van der Waals surface area contributed by atoms with E-state index in [1.165, 1.54) is 0 Å². The summed E-state index contributed by atoms with van der Waals surface area (Å²) in [7, 11) is 0. The Balaban J connectivity index is 1.67.